The van der Waals surface area contributed by atoms with Crippen molar-refractivity contribution < 1.29 is 18.3 Å². The number of hydrogen-bond acceptors (Lipinski definition) is 4. The van der Waals surface area contributed by atoms with Crippen LogP contribution in [-0.4, -0.2) is 20.9 Å². The topological polar surface area (TPSA) is 86.3 Å². The van der Waals surface area contributed by atoms with Gasteiger partial charge in [0.2, 0.25) is 10.0 Å². The fourth-order valence-corrected chi connectivity index (χ4v) is 2.93. The maximum atomic E-state index is 12.1. The van der Waals surface area contributed by atoms with Gasteiger partial charge in [0.15, 0.2) is 0 Å². The van der Waals surface area contributed by atoms with Crippen molar-refractivity contribution in [3.8, 4) is 0 Å². The van der Waals surface area contributed by atoms with Gasteiger partial charge in [0.1, 0.15) is 0 Å². The molecule has 0 unspecified atom stereocenters. The predicted octanol–water partition coefficient (Wildman–Crippen LogP) is 0.571. The third-order valence-electron chi connectivity index (χ3n) is 2.93. The quantitative estimate of drug-likeness (QED) is 0.845. The van der Waals surface area contributed by atoms with E-state index in [9.17, 15) is 18.3 Å². The summed E-state index contributed by atoms with van der Waals surface area (Å²) in [4.78, 5) is 10.7. The van der Waals surface area contributed by atoms with Crippen molar-refractivity contribution in [2.45, 2.75) is 11.3 Å². The van der Waals surface area contributed by atoms with Crippen LogP contribution in [0.25, 0.3) is 0 Å². The molecule has 0 spiro atoms. The predicted molar refractivity (Wildman–Crippen MR) is 76.1 cm³/mol. The van der Waals surface area contributed by atoms with Crippen LogP contribution in [0.3, 0.4) is 0 Å². The van der Waals surface area contributed by atoms with Crippen LogP contribution < -0.4 is 9.83 Å². The molecule has 0 radical (unpaired) electrons. The van der Waals surface area contributed by atoms with E-state index in [1.54, 1.807) is 0 Å². The van der Waals surface area contributed by atoms with E-state index in [0.29, 0.717) is 6.42 Å². The summed E-state index contributed by atoms with van der Waals surface area (Å²) in [5.74, 6) is -1.41. The fraction of sp³-hybridized carbons (Fsp3) is 0.133. The molecule has 2 rings (SSSR count). The molecule has 0 fully saturated rings. The van der Waals surface area contributed by atoms with Gasteiger partial charge in [-0.25, -0.2) is 13.1 Å². The first-order valence-corrected chi connectivity index (χ1v) is 7.82. The highest BCUT2D eigenvalue weighted by Gasteiger charge is 2.13. The number of carboxylic acids is 1. The zero-order valence-corrected chi connectivity index (χ0v) is 12.0. The third-order valence-corrected chi connectivity index (χ3v) is 4.39. The summed E-state index contributed by atoms with van der Waals surface area (Å²) in [6.07, 6.45) is 0.556. The number of hydrogen-bond donors (Lipinski definition) is 1. The second-order valence-corrected chi connectivity index (χ2v) is 6.22. The molecule has 0 saturated carbocycles. The van der Waals surface area contributed by atoms with Crippen LogP contribution in [0.15, 0.2) is 59.5 Å². The molecule has 0 bridgehead atoms. The maximum Gasteiger partial charge on any atom is 0.240 e. The Kier molecular flexibility index (Phi) is 4.72. The highest BCUT2D eigenvalue weighted by Crippen LogP contribution is 2.11. The van der Waals surface area contributed by atoms with E-state index >= 15 is 0 Å². The molecule has 0 amide bonds. The molecule has 2 aromatic carbocycles. The molecule has 0 saturated heterocycles. The Bertz CT molecular complexity index is 726. The van der Waals surface area contributed by atoms with Crippen molar-refractivity contribution in [1.82, 2.24) is 4.72 Å². The normalized spacial score (nSPS) is 11.2. The van der Waals surface area contributed by atoms with Gasteiger partial charge in [0.25, 0.3) is 0 Å². The largest absolute Gasteiger partial charge is 0.545 e. The van der Waals surface area contributed by atoms with E-state index in [0.717, 1.165) is 11.6 Å². The second-order valence-electron chi connectivity index (χ2n) is 4.45. The van der Waals surface area contributed by atoms with Crippen molar-refractivity contribution in [3.05, 3.63) is 65.7 Å². The zero-order chi connectivity index (χ0) is 15.3. The Morgan fingerprint density at radius 1 is 1.05 bits per heavy atom. The van der Waals surface area contributed by atoms with Crippen LogP contribution in [0, 0.1) is 0 Å². The Balaban J connectivity index is 2.05. The SMILES string of the molecule is O=C([O-])c1cccc(S(=O)(=O)NCCc2ccccc2)c1. The molecular weight excluding hydrogens is 290 g/mol. The molecule has 0 atom stereocenters. The average Bonchev–Trinajstić information content (AvgIpc) is 2.48. The molecule has 2 aromatic rings. The van der Waals surface area contributed by atoms with Crippen LogP contribution in [-0.2, 0) is 16.4 Å². The van der Waals surface area contributed by atoms with E-state index in [-0.39, 0.29) is 17.0 Å². The lowest BCUT2D eigenvalue weighted by Crippen LogP contribution is -2.27. The minimum atomic E-state index is -3.73. The molecule has 1 N–H and O–H groups in total. The van der Waals surface area contributed by atoms with Gasteiger partial charge in [-0.2, -0.15) is 0 Å². The van der Waals surface area contributed by atoms with Crippen LogP contribution in [0.2, 0.25) is 0 Å². The smallest absolute Gasteiger partial charge is 0.240 e. The van der Waals surface area contributed by atoms with Crippen LogP contribution in [0.5, 0.6) is 0 Å². The minimum absolute atomic E-state index is 0.0859. The molecule has 0 heterocycles. The minimum Gasteiger partial charge on any atom is -0.545 e. The Labute approximate surface area is 123 Å². The van der Waals surface area contributed by atoms with E-state index < -0.39 is 16.0 Å². The number of carboxylic acid groups (broad SMARTS) is 1. The summed E-state index contributed by atoms with van der Waals surface area (Å²) in [7, 11) is -3.73. The molecule has 21 heavy (non-hydrogen) atoms. The molecule has 110 valence electrons. The zero-order valence-electron chi connectivity index (χ0n) is 11.2. The summed E-state index contributed by atoms with van der Waals surface area (Å²) in [6, 6.07) is 14.6. The van der Waals surface area contributed by atoms with Crippen molar-refractivity contribution in [3.63, 3.8) is 0 Å². The lowest BCUT2D eigenvalue weighted by Gasteiger charge is -2.09. The number of sulfonamides is 1. The van der Waals surface area contributed by atoms with Gasteiger partial charge in [-0.3, -0.25) is 0 Å². The van der Waals surface area contributed by atoms with Crippen LogP contribution in [0.4, 0.5) is 0 Å². The lowest BCUT2D eigenvalue weighted by molar-refractivity contribution is -0.255. The number of aromatic carboxylic acids is 1. The summed E-state index contributed by atoms with van der Waals surface area (Å²) in [5.41, 5.74) is 0.852. The van der Waals surface area contributed by atoms with Gasteiger partial charge in [-0.1, -0.05) is 42.5 Å². The summed E-state index contributed by atoms with van der Waals surface area (Å²) < 4.78 is 26.6. The number of carbonyl (C=O) groups is 1. The fourth-order valence-electron chi connectivity index (χ4n) is 1.85. The molecule has 5 nitrogen and oxygen atoms in total. The first-order chi connectivity index (χ1) is 9.99. The van der Waals surface area contributed by atoms with E-state index in [1.165, 1.54) is 18.2 Å². The number of rotatable bonds is 6. The molecular formula is C15H14NO4S-. The number of benzene rings is 2. The third kappa shape index (κ3) is 4.14. The van der Waals surface area contributed by atoms with Crippen LogP contribution >= 0.6 is 0 Å². The molecule has 0 aliphatic rings. The van der Waals surface area contributed by atoms with Crippen molar-refractivity contribution >= 4 is 16.0 Å². The van der Waals surface area contributed by atoms with Gasteiger partial charge < -0.3 is 9.90 Å². The van der Waals surface area contributed by atoms with Gasteiger partial charge >= 0.3 is 0 Å². The standard InChI is InChI=1S/C15H15NO4S/c17-15(18)13-7-4-8-14(11-13)21(19,20)16-10-9-12-5-2-1-3-6-12/h1-8,11,16H,9-10H2,(H,17,18)/p-1. The molecule has 6 heteroatoms. The first kappa shape index (κ1) is 15.2. The lowest BCUT2D eigenvalue weighted by atomic mass is 10.2. The molecule has 0 aliphatic heterocycles. The summed E-state index contributed by atoms with van der Waals surface area (Å²) >= 11 is 0. The molecule has 0 aromatic heterocycles. The van der Waals surface area contributed by atoms with Crippen LogP contribution in [0.1, 0.15) is 15.9 Å². The number of nitrogens with one attached hydrogen (secondary N) is 1. The van der Waals surface area contributed by atoms with Crippen molar-refractivity contribution in [2.75, 3.05) is 6.54 Å². The molecule has 0 aliphatic carbocycles. The summed E-state index contributed by atoms with van der Waals surface area (Å²) in [6.45, 7) is 0.238. The summed E-state index contributed by atoms with van der Waals surface area (Å²) in [5, 5.41) is 10.8. The van der Waals surface area contributed by atoms with E-state index in [1.807, 2.05) is 30.3 Å². The van der Waals surface area contributed by atoms with Gasteiger partial charge in [0.05, 0.1) is 10.9 Å². The highest BCUT2D eigenvalue weighted by atomic mass is 32.2. The Morgan fingerprint density at radius 2 is 1.76 bits per heavy atom. The van der Waals surface area contributed by atoms with E-state index in [2.05, 4.69) is 4.72 Å². The number of carbonyl (C=O) groups excluding carboxylic acids is 1. The second kappa shape index (κ2) is 6.51. The average molecular weight is 304 g/mol. The van der Waals surface area contributed by atoms with E-state index in [4.69, 9.17) is 0 Å². The van der Waals surface area contributed by atoms with Gasteiger partial charge in [-0.15, -0.1) is 0 Å². The van der Waals surface area contributed by atoms with Gasteiger partial charge in [0, 0.05) is 6.54 Å². The van der Waals surface area contributed by atoms with Crippen molar-refractivity contribution in [1.29, 1.82) is 0 Å². The Hall–Kier alpha value is -2.18. The van der Waals surface area contributed by atoms with Crippen molar-refractivity contribution in [2.24, 2.45) is 0 Å². The first-order valence-electron chi connectivity index (χ1n) is 6.34. The van der Waals surface area contributed by atoms with Gasteiger partial charge in [-0.05, 0) is 29.7 Å². The maximum absolute atomic E-state index is 12.1. The highest BCUT2D eigenvalue weighted by molar-refractivity contribution is 7.89. The Morgan fingerprint density at radius 3 is 2.43 bits per heavy atom. The monoisotopic (exact) mass is 304 g/mol.